The summed E-state index contributed by atoms with van der Waals surface area (Å²) in [5.41, 5.74) is 7.60. The van der Waals surface area contributed by atoms with Gasteiger partial charge in [-0.05, 0) is 38.1 Å². The van der Waals surface area contributed by atoms with Crippen molar-refractivity contribution in [1.29, 1.82) is 0 Å². The van der Waals surface area contributed by atoms with Crippen molar-refractivity contribution < 1.29 is 4.74 Å². The van der Waals surface area contributed by atoms with Crippen LogP contribution in [0.1, 0.15) is 26.2 Å². The Bertz CT molecular complexity index is 859. The molecule has 0 spiro atoms. The van der Waals surface area contributed by atoms with Crippen LogP contribution in [-0.2, 0) is 0 Å². The second-order valence-electron chi connectivity index (χ2n) is 6.40. The van der Waals surface area contributed by atoms with Gasteiger partial charge in [0.1, 0.15) is 23.8 Å². The summed E-state index contributed by atoms with van der Waals surface area (Å²) >= 11 is 0. The zero-order chi connectivity index (χ0) is 16.5. The van der Waals surface area contributed by atoms with Gasteiger partial charge >= 0.3 is 0 Å². The van der Waals surface area contributed by atoms with Crippen molar-refractivity contribution in [1.82, 2.24) is 19.9 Å². The molecule has 126 valence electrons. The number of hydrogen-bond acceptors (Lipinski definition) is 5. The summed E-state index contributed by atoms with van der Waals surface area (Å²) in [4.78, 5) is 14.4. The Morgan fingerprint density at radius 3 is 3.17 bits per heavy atom. The summed E-state index contributed by atoms with van der Waals surface area (Å²) in [6.45, 7) is 5.18. The summed E-state index contributed by atoms with van der Waals surface area (Å²) in [5.74, 6) is 1.36. The van der Waals surface area contributed by atoms with E-state index in [2.05, 4.69) is 26.8 Å². The van der Waals surface area contributed by atoms with Crippen LogP contribution in [-0.4, -0.2) is 45.6 Å². The van der Waals surface area contributed by atoms with E-state index in [1.165, 1.54) is 25.8 Å². The molecule has 1 atom stereocenters. The monoisotopic (exact) mass is 325 g/mol. The molecule has 4 heterocycles. The molecule has 1 aliphatic rings. The molecule has 24 heavy (non-hydrogen) atoms. The topological polar surface area (TPSA) is 80.1 Å². The minimum atomic E-state index is 0.490. The fraction of sp³-hybridized carbons (Fsp3) is 0.444. The number of anilines is 1. The maximum Gasteiger partial charge on any atom is 0.142 e. The minimum Gasteiger partial charge on any atom is -0.491 e. The van der Waals surface area contributed by atoms with Gasteiger partial charge in [0.25, 0.3) is 0 Å². The van der Waals surface area contributed by atoms with Crippen molar-refractivity contribution in [2.45, 2.75) is 32.2 Å². The Kier molecular flexibility index (Phi) is 3.98. The molecule has 3 N–H and O–H groups in total. The molecule has 3 aromatic heterocycles. The fourth-order valence-corrected chi connectivity index (χ4v) is 3.68. The number of aromatic amines is 1. The molecular formula is C18H23N5O. The van der Waals surface area contributed by atoms with E-state index >= 15 is 0 Å². The number of aromatic nitrogens is 3. The molecular weight excluding hydrogens is 302 g/mol. The number of pyridine rings is 2. The molecule has 3 aromatic rings. The number of H-pyrrole nitrogens is 1. The van der Waals surface area contributed by atoms with E-state index in [0.717, 1.165) is 34.2 Å². The number of nitrogens with one attached hydrogen (secondary N) is 1. The minimum absolute atomic E-state index is 0.490. The van der Waals surface area contributed by atoms with E-state index in [9.17, 15) is 0 Å². The molecule has 1 fully saturated rings. The fourth-order valence-electron chi connectivity index (χ4n) is 3.68. The van der Waals surface area contributed by atoms with Gasteiger partial charge in [-0.2, -0.15) is 0 Å². The smallest absolute Gasteiger partial charge is 0.142 e. The number of nitrogen functional groups attached to an aromatic ring is 1. The van der Waals surface area contributed by atoms with Crippen LogP contribution in [0.5, 0.6) is 5.75 Å². The Balaban J connectivity index is 1.66. The van der Waals surface area contributed by atoms with E-state index in [4.69, 9.17) is 10.5 Å². The predicted octanol–water partition coefficient (Wildman–Crippen LogP) is 2.95. The van der Waals surface area contributed by atoms with Gasteiger partial charge in [-0.3, -0.25) is 4.90 Å². The molecule has 0 saturated carbocycles. The molecule has 0 bridgehead atoms. The van der Waals surface area contributed by atoms with Gasteiger partial charge < -0.3 is 15.5 Å². The van der Waals surface area contributed by atoms with Crippen LogP contribution in [0.4, 0.5) is 5.82 Å². The van der Waals surface area contributed by atoms with Crippen LogP contribution < -0.4 is 10.5 Å². The van der Waals surface area contributed by atoms with Crippen LogP contribution >= 0.6 is 0 Å². The highest BCUT2D eigenvalue weighted by molar-refractivity contribution is 6.09. The van der Waals surface area contributed by atoms with Gasteiger partial charge in [0.05, 0.1) is 17.1 Å². The third-order valence-corrected chi connectivity index (χ3v) is 4.95. The molecule has 0 aliphatic carbocycles. The van der Waals surface area contributed by atoms with E-state index in [0.29, 0.717) is 18.5 Å². The van der Waals surface area contributed by atoms with E-state index in [-0.39, 0.29) is 0 Å². The number of likely N-dealkylation sites (tertiary alicyclic amines) is 1. The lowest BCUT2D eigenvalue weighted by molar-refractivity contribution is 0.106. The summed E-state index contributed by atoms with van der Waals surface area (Å²) in [6.07, 6.45) is 7.30. The Morgan fingerprint density at radius 1 is 1.38 bits per heavy atom. The highest BCUT2D eigenvalue weighted by Crippen LogP contribution is 2.32. The molecule has 6 heteroatoms. The third kappa shape index (κ3) is 2.67. The zero-order valence-electron chi connectivity index (χ0n) is 14.0. The van der Waals surface area contributed by atoms with Crippen LogP contribution in [0.25, 0.3) is 21.9 Å². The van der Waals surface area contributed by atoms with Gasteiger partial charge in [0.2, 0.25) is 0 Å². The van der Waals surface area contributed by atoms with Gasteiger partial charge in [0.15, 0.2) is 0 Å². The molecule has 0 aromatic carbocycles. The first-order valence-electron chi connectivity index (χ1n) is 8.65. The first kappa shape index (κ1) is 15.2. The number of rotatable bonds is 4. The van der Waals surface area contributed by atoms with Gasteiger partial charge in [-0.25, -0.2) is 9.97 Å². The number of nitrogens with zero attached hydrogens (tertiary/aromatic N) is 3. The lowest BCUT2D eigenvalue weighted by Gasteiger charge is -2.34. The lowest BCUT2D eigenvalue weighted by Crippen LogP contribution is -2.42. The van der Waals surface area contributed by atoms with Crippen LogP contribution in [0.3, 0.4) is 0 Å². The van der Waals surface area contributed by atoms with Crippen molar-refractivity contribution in [2.24, 2.45) is 0 Å². The molecule has 1 aliphatic heterocycles. The van der Waals surface area contributed by atoms with E-state index in [1.807, 2.05) is 12.1 Å². The second-order valence-corrected chi connectivity index (χ2v) is 6.40. The quantitative estimate of drug-likeness (QED) is 0.771. The number of likely N-dealkylation sites (N-methyl/N-ethyl adjacent to an activating group) is 1. The summed E-state index contributed by atoms with van der Waals surface area (Å²) in [5, 5.41) is 2.00. The van der Waals surface area contributed by atoms with Crippen molar-refractivity contribution in [2.75, 3.05) is 25.4 Å². The SMILES string of the molecule is CCN1CCCCC1COc1ccnc2[nH]c3cnc(N)cc3c12. The highest BCUT2D eigenvalue weighted by atomic mass is 16.5. The van der Waals surface area contributed by atoms with Gasteiger partial charge in [-0.15, -0.1) is 0 Å². The average molecular weight is 325 g/mol. The molecule has 0 amide bonds. The van der Waals surface area contributed by atoms with E-state index < -0.39 is 0 Å². The maximum absolute atomic E-state index is 6.23. The van der Waals surface area contributed by atoms with Crippen LogP contribution in [0, 0.1) is 0 Å². The van der Waals surface area contributed by atoms with Crippen molar-refractivity contribution in [3.8, 4) is 5.75 Å². The molecule has 1 unspecified atom stereocenters. The Labute approximate surface area is 141 Å². The number of piperidine rings is 1. The van der Waals surface area contributed by atoms with Crippen LogP contribution in [0.15, 0.2) is 24.5 Å². The first-order chi connectivity index (χ1) is 11.8. The summed E-state index contributed by atoms with van der Waals surface area (Å²) in [6, 6.07) is 4.30. The normalized spacial score (nSPS) is 19.1. The third-order valence-electron chi connectivity index (χ3n) is 4.95. The highest BCUT2D eigenvalue weighted by Gasteiger charge is 2.22. The Morgan fingerprint density at radius 2 is 2.29 bits per heavy atom. The van der Waals surface area contributed by atoms with Crippen LogP contribution in [0.2, 0.25) is 0 Å². The predicted molar refractivity (Wildman–Crippen MR) is 96.2 cm³/mol. The zero-order valence-corrected chi connectivity index (χ0v) is 14.0. The first-order valence-corrected chi connectivity index (χ1v) is 8.65. The van der Waals surface area contributed by atoms with Crippen molar-refractivity contribution in [3.63, 3.8) is 0 Å². The van der Waals surface area contributed by atoms with E-state index in [1.54, 1.807) is 12.4 Å². The maximum atomic E-state index is 6.23. The molecule has 0 radical (unpaired) electrons. The second kappa shape index (κ2) is 6.28. The number of ether oxygens (including phenoxy) is 1. The number of fused-ring (bicyclic) bond motifs is 3. The van der Waals surface area contributed by atoms with Crippen molar-refractivity contribution >= 4 is 27.8 Å². The van der Waals surface area contributed by atoms with Crippen molar-refractivity contribution in [3.05, 3.63) is 24.5 Å². The van der Waals surface area contributed by atoms with Gasteiger partial charge in [0, 0.05) is 17.6 Å². The Hall–Kier alpha value is -2.34. The largest absolute Gasteiger partial charge is 0.491 e. The van der Waals surface area contributed by atoms with Gasteiger partial charge in [-0.1, -0.05) is 13.3 Å². The lowest BCUT2D eigenvalue weighted by atomic mass is 10.0. The number of nitrogens with two attached hydrogens (primary N) is 1. The number of hydrogen-bond donors (Lipinski definition) is 2. The summed E-state index contributed by atoms with van der Waals surface area (Å²) in [7, 11) is 0. The molecule has 4 rings (SSSR count). The average Bonchev–Trinajstić information content (AvgIpc) is 2.98. The molecule has 6 nitrogen and oxygen atoms in total. The molecule has 1 saturated heterocycles. The standard InChI is InChI=1S/C18H23N5O/c1-2-23-8-4-3-5-12(23)11-24-15-6-7-20-18-17(15)13-9-16(19)21-10-14(13)22-18/h6-7,9-10,12H,2-5,8,11H2,1H3,(H2,19,21)(H,20,22). The summed E-state index contributed by atoms with van der Waals surface area (Å²) < 4.78 is 6.23.